The van der Waals surface area contributed by atoms with Crippen molar-refractivity contribution in [3.8, 4) is 0 Å². The molecule has 2 rings (SSSR count). The van der Waals surface area contributed by atoms with Gasteiger partial charge in [-0.05, 0) is 29.2 Å². The molecule has 7 heteroatoms. The lowest BCUT2D eigenvalue weighted by Gasteiger charge is -2.04. The summed E-state index contributed by atoms with van der Waals surface area (Å²) in [6.07, 6.45) is 0. The van der Waals surface area contributed by atoms with Crippen LogP contribution < -0.4 is 5.73 Å². The van der Waals surface area contributed by atoms with Gasteiger partial charge in [0.15, 0.2) is 0 Å². The van der Waals surface area contributed by atoms with Gasteiger partial charge in [-0.2, -0.15) is 0 Å². The third-order valence-corrected chi connectivity index (χ3v) is 4.51. The third-order valence-electron chi connectivity index (χ3n) is 3.22. The van der Waals surface area contributed by atoms with Crippen LogP contribution in [0, 0.1) is 10.1 Å². The summed E-state index contributed by atoms with van der Waals surface area (Å²) in [5.74, 6) is 0. The minimum atomic E-state index is -2.11. The molecule has 0 saturated heterocycles. The molecular weight excluding hydrogens is 303 g/mol. The van der Waals surface area contributed by atoms with E-state index in [1.807, 2.05) is 30.3 Å². The predicted molar refractivity (Wildman–Crippen MR) is 84.8 cm³/mol. The lowest BCUT2D eigenvalue weighted by atomic mass is 10.1. The van der Waals surface area contributed by atoms with Gasteiger partial charge >= 0.3 is 8.03 Å². The lowest BCUT2D eigenvalue weighted by molar-refractivity contribution is -0.385. The molecule has 0 fully saturated rings. The Kier molecular flexibility index (Phi) is 5.20. The smallest absolute Gasteiger partial charge is 0.399 e. The first-order chi connectivity index (χ1) is 10.5. The zero-order valence-corrected chi connectivity index (χ0v) is 12.9. The van der Waals surface area contributed by atoms with E-state index in [0.29, 0.717) is 11.3 Å². The van der Waals surface area contributed by atoms with Crippen molar-refractivity contribution in [3.63, 3.8) is 0 Å². The Morgan fingerprint density at radius 2 is 1.95 bits per heavy atom. The van der Waals surface area contributed by atoms with E-state index >= 15 is 0 Å². The van der Waals surface area contributed by atoms with Crippen LogP contribution in [0.25, 0.3) is 0 Å². The van der Waals surface area contributed by atoms with Crippen LogP contribution in [0.4, 0.5) is 11.4 Å². The molecule has 0 aromatic heterocycles. The average molecular weight is 319 g/mol. The van der Waals surface area contributed by atoms with Crippen LogP contribution in [0.3, 0.4) is 0 Å². The molecule has 6 nitrogen and oxygen atoms in total. The van der Waals surface area contributed by atoms with E-state index in [4.69, 9.17) is 10.3 Å². The highest BCUT2D eigenvalue weighted by Crippen LogP contribution is 2.45. The first kappa shape index (κ1) is 16.1. The van der Waals surface area contributed by atoms with Gasteiger partial charge in [-0.3, -0.25) is 10.1 Å². The van der Waals surface area contributed by atoms with Crippen molar-refractivity contribution in [1.82, 2.24) is 0 Å². The molecule has 2 atom stereocenters. The van der Waals surface area contributed by atoms with E-state index in [9.17, 15) is 14.7 Å². The monoisotopic (exact) mass is 319 g/mol. The summed E-state index contributed by atoms with van der Waals surface area (Å²) < 4.78 is 17.6. The number of nitrogens with two attached hydrogens (primary N) is 1. The van der Waals surface area contributed by atoms with E-state index in [0.717, 1.165) is 5.56 Å². The van der Waals surface area contributed by atoms with Crippen LogP contribution in [-0.2, 0) is 15.7 Å². The number of hydrogen-bond acceptors (Lipinski definition) is 5. The Labute approximate surface area is 128 Å². The molecule has 2 unspecified atom stereocenters. The molecule has 0 spiro atoms. The van der Waals surface area contributed by atoms with E-state index in [-0.39, 0.29) is 12.3 Å². The van der Waals surface area contributed by atoms with Gasteiger partial charge in [-0.1, -0.05) is 30.3 Å². The maximum atomic E-state index is 12.3. The maximum absolute atomic E-state index is 12.3. The third kappa shape index (κ3) is 3.87. The normalized spacial score (nSPS) is 12.7. The van der Waals surface area contributed by atoms with Crippen molar-refractivity contribution < 1.29 is 14.0 Å². The second kappa shape index (κ2) is 7.11. The minimum Gasteiger partial charge on any atom is -0.399 e. The highest BCUT2D eigenvalue weighted by molar-refractivity contribution is 7.39. The molecule has 0 radical (unpaired) electrons. The van der Waals surface area contributed by atoms with Gasteiger partial charge in [-0.25, -0.2) is 0 Å². The molecule has 0 aliphatic carbocycles. The van der Waals surface area contributed by atoms with Crippen molar-refractivity contribution in [2.45, 2.75) is 19.2 Å². The summed E-state index contributed by atoms with van der Waals surface area (Å²) in [7, 11) is -2.11. The molecule has 2 N–H and O–H groups in total. The van der Waals surface area contributed by atoms with E-state index in [1.165, 1.54) is 18.2 Å². The SMILES string of the molecule is CC(c1cc(N)ccc1[N+](=O)[O-])[P+](=O)OCc1ccccc1. The van der Waals surface area contributed by atoms with Crippen LogP contribution in [0.2, 0.25) is 0 Å². The molecule has 2 aromatic rings. The van der Waals surface area contributed by atoms with Crippen molar-refractivity contribution in [3.05, 3.63) is 69.8 Å². The predicted octanol–water partition coefficient (Wildman–Crippen LogP) is 4.20. The van der Waals surface area contributed by atoms with Crippen LogP contribution in [-0.4, -0.2) is 4.92 Å². The summed E-state index contributed by atoms with van der Waals surface area (Å²) in [4.78, 5) is 10.6. The Morgan fingerprint density at radius 3 is 2.59 bits per heavy atom. The topological polar surface area (TPSA) is 95.5 Å². The fourth-order valence-electron chi connectivity index (χ4n) is 2.01. The maximum Gasteiger partial charge on any atom is 0.516 e. The number of hydrogen-bond donors (Lipinski definition) is 1. The Balaban J connectivity index is 2.13. The summed E-state index contributed by atoms with van der Waals surface area (Å²) in [6, 6.07) is 13.6. The number of benzene rings is 2. The summed E-state index contributed by atoms with van der Waals surface area (Å²) in [5, 5.41) is 11.1. The zero-order chi connectivity index (χ0) is 16.1. The highest BCUT2D eigenvalue weighted by atomic mass is 31.1. The lowest BCUT2D eigenvalue weighted by Crippen LogP contribution is -2.00. The van der Waals surface area contributed by atoms with Gasteiger partial charge in [0.1, 0.15) is 6.61 Å². The zero-order valence-electron chi connectivity index (χ0n) is 12.0. The second-order valence-electron chi connectivity index (χ2n) is 4.80. The molecular formula is C15H16N2O4P+. The Morgan fingerprint density at radius 1 is 1.27 bits per heavy atom. The highest BCUT2D eigenvalue weighted by Gasteiger charge is 2.35. The molecule has 0 aliphatic heterocycles. The number of nitrogens with zero attached hydrogens (tertiary/aromatic N) is 1. The van der Waals surface area contributed by atoms with Crippen LogP contribution in [0.1, 0.15) is 23.7 Å². The van der Waals surface area contributed by atoms with E-state index in [1.54, 1.807) is 6.92 Å². The molecule has 22 heavy (non-hydrogen) atoms. The molecule has 0 saturated carbocycles. The van der Waals surface area contributed by atoms with E-state index < -0.39 is 18.6 Å². The molecule has 2 aromatic carbocycles. The average Bonchev–Trinajstić information content (AvgIpc) is 2.52. The summed E-state index contributed by atoms with van der Waals surface area (Å²) in [5.41, 5.74) is 6.54. The number of anilines is 1. The van der Waals surface area contributed by atoms with Gasteiger partial charge in [0, 0.05) is 11.8 Å². The van der Waals surface area contributed by atoms with Crippen LogP contribution in [0.15, 0.2) is 48.5 Å². The fourth-order valence-corrected chi connectivity index (χ4v) is 2.95. The van der Waals surface area contributed by atoms with Crippen LogP contribution >= 0.6 is 8.03 Å². The fraction of sp³-hybridized carbons (Fsp3) is 0.200. The second-order valence-corrected chi connectivity index (χ2v) is 6.40. The van der Waals surface area contributed by atoms with Crippen molar-refractivity contribution in [2.24, 2.45) is 0 Å². The molecule has 0 bridgehead atoms. The number of nitro benzene ring substituents is 1. The molecule has 114 valence electrons. The first-order valence-corrected chi connectivity index (χ1v) is 7.90. The Bertz CT molecular complexity index is 691. The van der Waals surface area contributed by atoms with Gasteiger partial charge in [0.25, 0.3) is 5.69 Å². The number of nitro groups is 1. The summed E-state index contributed by atoms with van der Waals surface area (Å²) in [6.45, 7) is 1.82. The van der Waals surface area contributed by atoms with Gasteiger partial charge in [0.05, 0.1) is 10.5 Å². The van der Waals surface area contributed by atoms with Crippen molar-refractivity contribution >= 4 is 19.4 Å². The number of rotatable bonds is 6. The van der Waals surface area contributed by atoms with Gasteiger partial charge < -0.3 is 5.73 Å². The van der Waals surface area contributed by atoms with Gasteiger partial charge in [0.2, 0.25) is 5.66 Å². The quantitative estimate of drug-likeness (QED) is 0.372. The number of nitrogen functional groups attached to an aromatic ring is 1. The standard InChI is InChI=1S/C15H16N2O4P/c1-11(14-9-13(16)7-8-15(14)17(18)19)22(20)21-10-12-5-3-2-4-6-12/h2-9,11H,10,16H2,1H3/q+1. The minimum absolute atomic E-state index is 0.103. The van der Waals surface area contributed by atoms with Crippen LogP contribution in [0.5, 0.6) is 0 Å². The first-order valence-electron chi connectivity index (χ1n) is 6.66. The van der Waals surface area contributed by atoms with Crippen molar-refractivity contribution in [2.75, 3.05) is 5.73 Å². The molecule has 0 heterocycles. The molecule has 0 amide bonds. The largest absolute Gasteiger partial charge is 0.516 e. The summed E-state index contributed by atoms with van der Waals surface area (Å²) >= 11 is 0. The van der Waals surface area contributed by atoms with Crippen molar-refractivity contribution in [1.29, 1.82) is 0 Å². The van der Waals surface area contributed by atoms with E-state index in [2.05, 4.69) is 0 Å². The Hall–Kier alpha value is -2.30. The molecule has 0 aliphatic rings. The van der Waals surface area contributed by atoms with Gasteiger partial charge in [-0.15, -0.1) is 4.52 Å².